The molecule has 0 atom stereocenters. The molecule has 0 bridgehead atoms. The van der Waals surface area contributed by atoms with E-state index in [9.17, 15) is 5.11 Å². The molecule has 0 unspecified atom stereocenters. The van der Waals surface area contributed by atoms with Gasteiger partial charge >= 0.3 is 0 Å². The zero-order valence-corrected chi connectivity index (χ0v) is 22.4. The molecule has 0 aliphatic rings. The second-order valence-electron chi connectivity index (χ2n) is 8.55. The molecule has 1 N–H and O–H groups in total. The summed E-state index contributed by atoms with van der Waals surface area (Å²) < 4.78 is 6.07. The Bertz CT molecular complexity index is 1590. The molecule has 0 amide bonds. The Labute approximate surface area is 224 Å². The molecule has 6 rings (SSSR count). The molecule has 0 aliphatic heterocycles. The Kier molecular flexibility index (Phi) is 7.94. The van der Waals surface area contributed by atoms with Gasteiger partial charge in [-0.05, 0) is 48.0 Å². The van der Waals surface area contributed by atoms with Crippen LogP contribution >= 0.6 is 0 Å². The van der Waals surface area contributed by atoms with Crippen molar-refractivity contribution in [3.63, 3.8) is 0 Å². The van der Waals surface area contributed by atoms with E-state index in [0.29, 0.717) is 5.92 Å². The van der Waals surface area contributed by atoms with Crippen molar-refractivity contribution in [1.29, 1.82) is 0 Å². The fraction of sp³-hybridized carbons (Fsp3) is 0.0968. The summed E-state index contributed by atoms with van der Waals surface area (Å²) in [5, 5.41) is 11.8. The minimum Gasteiger partial charge on any atom is -0.507 e. The molecule has 0 saturated heterocycles. The molecule has 3 aromatic heterocycles. The maximum absolute atomic E-state index is 9.52. The average Bonchev–Trinajstić information content (AvgIpc) is 3.29. The quantitative estimate of drug-likeness (QED) is 0.197. The number of hydrogen-bond donors (Lipinski definition) is 1. The molecule has 3 heterocycles. The van der Waals surface area contributed by atoms with Crippen LogP contribution in [0, 0.1) is 6.07 Å². The third-order valence-corrected chi connectivity index (χ3v) is 5.89. The van der Waals surface area contributed by atoms with Crippen LogP contribution in [0.15, 0.2) is 108 Å². The molecule has 3 aromatic carbocycles. The number of hydrogen-bond acceptors (Lipinski definition) is 4. The number of phenolic OH excluding ortho intramolecular Hbond substituents is 1. The van der Waals surface area contributed by atoms with Gasteiger partial charge in [0.1, 0.15) is 11.3 Å². The standard InChI is InChI=1S/C20H16NO.C11H9NO.Ir/c1-13(2)14-10-11-21-18(12-14)17-8-5-7-16-15-6-3-4-9-19(15)22-20(16)17;13-11-7-2-1-5-9(11)10-6-3-4-8-12-10;/h3-7,9-13H,1-2H3;1-8,13H;/q-1;;. The van der Waals surface area contributed by atoms with Gasteiger partial charge in [0.15, 0.2) is 0 Å². The first kappa shape index (κ1) is 25.3. The minimum absolute atomic E-state index is 0. The zero-order valence-electron chi connectivity index (χ0n) is 20.0. The number of pyridine rings is 2. The number of nitrogens with zero attached hydrogens (tertiary/aromatic N) is 2. The summed E-state index contributed by atoms with van der Waals surface area (Å²) in [4.78, 5) is 8.67. The van der Waals surface area contributed by atoms with Crippen LogP contribution < -0.4 is 0 Å². The van der Waals surface area contributed by atoms with Crippen LogP contribution in [0.4, 0.5) is 0 Å². The summed E-state index contributed by atoms with van der Waals surface area (Å²) in [5.41, 5.74) is 6.43. The molecule has 0 fully saturated rings. The van der Waals surface area contributed by atoms with E-state index in [0.717, 1.165) is 44.5 Å². The van der Waals surface area contributed by atoms with Crippen LogP contribution in [-0.4, -0.2) is 15.1 Å². The summed E-state index contributed by atoms with van der Waals surface area (Å²) in [6.07, 6.45) is 3.57. The van der Waals surface area contributed by atoms with Crippen molar-refractivity contribution in [3.05, 3.63) is 115 Å². The number of phenols is 1. The SMILES string of the molecule is CC(C)c1ccnc(-c2[c-]ccc3c2oc2ccccc23)c1.Oc1ccccc1-c1ccccn1.[Ir]. The van der Waals surface area contributed by atoms with Gasteiger partial charge in [0, 0.05) is 43.4 Å². The molecule has 5 heteroatoms. The van der Waals surface area contributed by atoms with Gasteiger partial charge in [0.2, 0.25) is 0 Å². The molecule has 4 nitrogen and oxygen atoms in total. The summed E-state index contributed by atoms with van der Waals surface area (Å²) >= 11 is 0. The van der Waals surface area contributed by atoms with Gasteiger partial charge in [0.05, 0.1) is 11.3 Å². The van der Waals surface area contributed by atoms with Crippen LogP contribution in [0.2, 0.25) is 0 Å². The monoisotopic (exact) mass is 650 g/mol. The van der Waals surface area contributed by atoms with Crippen molar-refractivity contribution in [2.24, 2.45) is 0 Å². The van der Waals surface area contributed by atoms with Crippen molar-refractivity contribution in [2.75, 3.05) is 0 Å². The van der Waals surface area contributed by atoms with E-state index in [2.05, 4.69) is 54.1 Å². The number of para-hydroxylation sites is 2. The summed E-state index contributed by atoms with van der Waals surface area (Å²) in [6, 6.07) is 32.4. The van der Waals surface area contributed by atoms with Crippen molar-refractivity contribution in [1.82, 2.24) is 9.97 Å². The molecule has 0 aliphatic carbocycles. The van der Waals surface area contributed by atoms with Crippen molar-refractivity contribution in [2.45, 2.75) is 19.8 Å². The van der Waals surface area contributed by atoms with Crippen molar-refractivity contribution < 1.29 is 29.6 Å². The van der Waals surface area contributed by atoms with E-state index in [4.69, 9.17) is 4.42 Å². The van der Waals surface area contributed by atoms with Gasteiger partial charge in [-0.25, -0.2) is 0 Å². The molecule has 36 heavy (non-hydrogen) atoms. The first-order chi connectivity index (χ1) is 17.1. The number of furan rings is 1. The van der Waals surface area contributed by atoms with Gasteiger partial charge < -0.3 is 14.5 Å². The van der Waals surface area contributed by atoms with Crippen LogP contribution in [0.25, 0.3) is 44.5 Å². The van der Waals surface area contributed by atoms with E-state index in [-0.39, 0.29) is 25.9 Å². The van der Waals surface area contributed by atoms with E-state index in [1.807, 2.05) is 60.8 Å². The van der Waals surface area contributed by atoms with Crippen LogP contribution in [0.5, 0.6) is 5.75 Å². The summed E-state index contributed by atoms with van der Waals surface area (Å²) in [5.74, 6) is 0.734. The summed E-state index contributed by atoms with van der Waals surface area (Å²) in [7, 11) is 0. The van der Waals surface area contributed by atoms with Gasteiger partial charge in [-0.1, -0.05) is 72.8 Å². The second-order valence-corrected chi connectivity index (χ2v) is 8.55. The Morgan fingerprint density at radius 2 is 1.53 bits per heavy atom. The Hall–Kier alpha value is -3.79. The minimum atomic E-state index is 0. The van der Waals surface area contributed by atoms with E-state index in [1.54, 1.807) is 18.3 Å². The normalized spacial score (nSPS) is 10.6. The number of fused-ring (bicyclic) bond motifs is 3. The first-order valence-corrected chi connectivity index (χ1v) is 11.6. The number of aromatic hydroxyl groups is 1. The third kappa shape index (κ3) is 5.23. The molecule has 181 valence electrons. The Morgan fingerprint density at radius 3 is 2.31 bits per heavy atom. The summed E-state index contributed by atoms with van der Waals surface area (Å²) in [6.45, 7) is 4.37. The topological polar surface area (TPSA) is 59.2 Å². The fourth-order valence-corrected chi connectivity index (χ4v) is 4.04. The largest absolute Gasteiger partial charge is 0.507 e. The first-order valence-electron chi connectivity index (χ1n) is 11.6. The predicted octanol–water partition coefficient (Wildman–Crippen LogP) is 8.02. The Balaban J connectivity index is 0.000000187. The van der Waals surface area contributed by atoms with Gasteiger partial charge in [-0.2, -0.15) is 0 Å². The van der Waals surface area contributed by atoms with Crippen LogP contribution in [0.1, 0.15) is 25.3 Å². The van der Waals surface area contributed by atoms with Crippen molar-refractivity contribution >= 4 is 21.9 Å². The number of rotatable bonds is 3. The van der Waals surface area contributed by atoms with Gasteiger partial charge in [-0.3, -0.25) is 4.98 Å². The van der Waals surface area contributed by atoms with E-state index < -0.39 is 0 Å². The van der Waals surface area contributed by atoms with Crippen molar-refractivity contribution in [3.8, 4) is 28.3 Å². The van der Waals surface area contributed by atoms with Crippen LogP contribution in [-0.2, 0) is 20.1 Å². The molecule has 6 aromatic rings. The molecule has 1 radical (unpaired) electrons. The zero-order chi connectivity index (χ0) is 24.2. The molecule has 0 spiro atoms. The molecule has 0 saturated carbocycles. The van der Waals surface area contributed by atoms with Crippen LogP contribution in [0.3, 0.4) is 0 Å². The smallest absolute Gasteiger partial charge is 0.124 e. The maximum atomic E-state index is 9.52. The molecular weight excluding hydrogens is 625 g/mol. The maximum Gasteiger partial charge on any atom is 0.124 e. The Morgan fingerprint density at radius 1 is 0.778 bits per heavy atom. The van der Waals surface area contributed by atoms with Gasteiger partial charge in [-0.15, -0.1) is 18.2 Å². The third-order valence-electron chi connectivity index (χ3n) is 5.89. The van der Waals surface area contributed by atoms with E-state index >= 15 is 0 Å². The fourth-order valence-electron chi connectivity index (χ4n) is 4.04. The number of aromatic nitrogens is 2. The van der Waals surface area contributed by atoms with Gasteiger partial charge in [0.25, 0.3) is 0 Å². The molecular formula is C31H25IrN2O2-. The average molecular weight is 650 g/mol. The van der Waals surface area contributed by atoms with E-state index in [1.165, 1.54) is 5.56 Å². The predicted molar refractivity (Wildman–Crippen MR) is 141 cm³/mol. The number of benzene rings is 3. The second kappa shape index (κ2) is 11.3.